The molecule has 0 radical (unpaired) electrons. The number of benzene rings is 1. The molecule has 0 aliphatic heterocycles. The van der Waals surface area contributed by atoms with E-state index in [2.05, 4.69) is 65.1 Å². The van der Waals surface area contributed by atoms with Crippen molar-refractivity contribution in [3.05, 3.63) is 48.2 Å². The number of nitrogens with zero attached hydrogens (tertiary/aromatic N) is 2. The van der Waals surface area contributed by atoms with Crippen LogP contribution in [0.15, 0.2) is 42.0 Å². The van der Waals surface area contributed by atoms with E-state index in [9.17, 15) is 0 Å². The number of fused-ring (bicyclic) bond motifs is 1. The van der Waals surface area contributed by atoms with Gasteiger partial charge in [-0.25, -0.2) is 0 Å². The molecule has 1 aromatic heterocycles. The van der Waals surface area contributed by atoms with Crippen LogP contribution < -0.4 is 5.32 Å². The second-order valence-corrected chi connectivity index (χ2v) is 5.89. The number of rotatable bonds is 7. The van der Waals surface area contributed by atoms with Gasteiger partial charge in [0, 0.05) is 44.3 Å². The van der Waals surface area contributed by atoms with Gasteiger partial charge >= 0.3 is 0 Å². The Bertz CT molecular complexity index is 675. The summed E-state index contributed by atoms with van der Waals surface area (Å²) in [5.74, 6) is 0.950. The Morgan fingerprint density at radius 2 is 2.21 bits per heavy atom. The number of guanidine groups is 1. The minimum absolute atomic E-state index is 0. The fraction of sp³-hybridized carbons (Fsp3) is 0.421. The van der Waals surface area contributed by atoms with Gasteiger partial charge in [0.1, 0.15) is 0 Å². The number of hydrogen-bond donors (Lipinski definition) is 2. The molecule has 0 aliphatic rings. The molecule has 2 aromatic rings. The first-order valence-corrected chi connectivity index (χ1v) is 8.25. The molecule has 0 aliphatic carbocycles. The first-order chi connectivity index (χ1) is 11.2. The lowest BCUT2D eigenvalue weighted by atomic mass is 10.1. The highest BCUT2D eigenvalue weighted by molar-refractivity contribution is 14.0. The van der Waals surface area contributed by atoms with Crippen molar-refractivity contribution in [3.8, 4) is 0 Å². The molecule has 0 amide bonds. The Hall–Kier alpha value is -1.50. The number of allylic oxidation sites excluding steroid dienone is 1. The lowest BCUT2D eigenvalue weighted by Gasteiger charge is -2.21. The summed E-state index contributed by atoms with van der Waals surface area (Å²) in [6.45, 7) is 7.79. The third-order valence-electron chi connectivity index (χ3n) is 4.15. The van der Waals surface area contributed by atoms with E-state index in [1.54, 1.807) is 0 Å². The SMILES string of the molecule is C=CCCCN(C)C(=NC)NCCc1c[nH]c2cccc(C)c12.I. The van der Waals surface area contributed by atoms with Crippen molar-refractivity contribution in [1.82, 2.24) is 15.2 Å². The summed E-state index contributed by atoms with van der Waals surface area (Å²) < 4.78 is 0. The molecule has 0 fully saturated rings. The van der Waals surface area contributed by atoms with Crippen LogP contribution in [-0.2, 0) is 6.42 Å². The first kappa shape index (κ1) is 20.5. The van der Waals surface area contributed by atoms with E-state index < -0.39 is 0 Å². The lowest BCUT2D eigenvalue weighted by Crippen LogP contribution is -2.40. The van der Waals surface area contributed by atoms with Crippen molar-refractivity contribution in [3.63, 3.8) is 0 Å². The van der Waals surface area contributed by atoms with Crippen LogP contribution in [0.4, 0.5) is 0 Å². The standard InChI is InChI=1S/C19H28N4.HI/c1-5-6-7-13-23(4)19(20-3)21-12-11-16-14-22-17-10-8-9-15(2)18(16)17;/h5,8-10,14,22H,1,6-7,11-13H2,2-4H3,(H,20,21);1H. The van der Waals surface area contributed by atoms with E-state index in [1.807, 2.05) is 13.1 Å². The molecule has 4 nitrogen and oxygen atoms in total. The summed E-state index contributed by atoms with van der Waals surface area (Å²) >= 11 is 0. The molecule has 0 spiro atoms. The summed E-state index contributed by atoms with van der Waals surface area (Å²) in [5, 5.41) is 4.81. The molecule has 1 heterocycles. The minimum Gasteiger partial charge on any atom is -0.361 e. The number of aryl methyl sites for hydroxylation is 1. The van der Waals surface area contributed by atoms with Crippen LogP contribution in [0.1, 0.15) is 24.0 Å². The largest absolute Gasteiger partial charge is 0.361 e. The maximum absolute atomic E-state index is 4.36. The summed E-state index contributed by atoms with van der Waals surface area (Å²) in [7, 11) is 3.91. The van der Waals surface area contributed by atoms with Gasteiger partial charge in [0.15, 0.2) is 5.96 Å². The zero-order valence-electron chi connectivity index (χ0n) is 14.9. The van der Waals surface area contributed by atoms with Crippen molar-refractivity contribution in [2.24, 2.45) is 4.99 Å². The van der Waals surface area contributed by atoms with Crippen molar-refractivity contribution >= 4 is 40.8 Å². The van der Waals surface area contributed by atoms with Crippen molar-refractivity contribution in [1.29, 1.82) is 0 Å². The molecular formula is C19H29IN4. The van der Waals surface area contributed by atoms with E-state index in [4.69, 9.17) is 0 Å². The fourth-order valence-corrected chi connectivity index (χ4v) is 2.92. The zero-order valence-corrected chi connectivity index (χ0v) is 17.3. The molecular weight excluding hydrogens is 411 g/mol. The van der Waals surface area contributed by atoms with Crippen LogP contribution in [0.2, 0.25) is 0 Å². The second kappa shape index (κ2) is 10.4. The molecule has 2 N–H and O–H groups in total. The highest BCUT2D eigenvalue weighted by atomic mass is 127. The van der Waals surface area contributed by atoms with Gasteiger partial charge in [-0.05, 0) is 43.4 Å². The third-order valence-corrected chi connectivity index (χ3v) is 4.15. The molecule has 0 saturated carbocycles. The fourth-order valence-electron chi connectivity index (χ4n) is 2.92. The van der Waals surface area contributed by atoms with E-state index in [1.165, 1.54) is 22.0 Å². The van der Waals surface area contributed by atoms with Crippen LogP contribution in [0, 0.1) is 6.92 Å². The monoisotopic (exact) mass is 440 g/mol. The van der Waals surface area contributed by atoms with Crippen LogP contribution >= 0.6 is 24.0 Å². The van der Waals surface area contributed by atoms with Crippen LogP contribution in [-0.4, -0.2) is 43.0 Å². The van der Waals surface area contributed by atoms with Gasteiger partial charge in [0.25, 0.3) is 0 Å². The number of halogens is 1. The number of hydrogen-bond acceptors (Lipinski definition) is 1. The highest BCUT2D eigenvalue weighted by Crippen LogP contribution is 2.22. The molecule has 0 atom stereocenters. The molecule has 5 heteroatoms. The van der Waals surface area contributed by atoms with E-state index in [0.29, 0.717) is 0 Å². The maximum Gasteiger partial charge on any atom is 0.193 e. The quantitative estimate of drug-likeness (QED) is 0.224. The normalized spacial score (nSPS) is 11.2. The Morgan fingerprint density at radius 3 is 2.92 bits per heavy atom. The van der Waals surface area contributed by atoms with Crippen LogP contribution in [0.25, 0.3) is 10.9 Å². The van der Waals surface area contributed by atoms with E-state index in [-0.39, 0.29) is 24.0 Å². The van der Waals surface area contributed by atoms with Gasteiger partial charge in [-0.2, -0.15) is 0 Å². The third kappa shape index (κ3) is 5.26. The molecule has 2 rings (SSSR count). The number of H-pyrrole nitrogens is 1. The highest BCUT2D eigenvalue weighted by Gasteiger charge is 2.08. The zero-order chi connectivity index (χ0) is 16.7. The topological polar surface area (TPSA) is 43.4 Å². The van der Waals surface area contributed by atoms with Gasteiger partial charge in [-0.3, -0.25) is 4.99 Å². The van der Waals surface area contributed by atoms with Gasteiger partial charge in [-0.15, -0.1) is 30.6 Å². The van der Waals surface area contributed by atoms with Gasteiger partial charge in [-0.1, -0.05) is 18.2 Å². The molecule has 0 bridgehead atoms. The Morgan fingerprint density at radius 1 is 1.42 bits per heavy atom. The van der Waals surface area contributed by atoms with Gasteiger partial charge < -0.3 is 15.2 Å². The van der Waals surface area contributed by atoms with Crippen molar-refractivity contribution in [2.75, 3.05) is 27.2 Å². The van der Waals surface area contributed by atoms with Crippen LogP contribution in [0.3, 0.4) is 0 Å². The lowest BCUT2D eigenvalue weighted by molar-refractivity contribution is 0.470. The predicted molar refractivity (Wildman–Crippen MR) is 116 cm³/mol. The van der Waals surface area contributed by atoms with Crippen molar-refractivity contribution in [2.45, 2.75) is 26.2 Å². The Balaban J connectivity index is 0.00000288. The molecule has 1 aromatic carbocycles. The number of aromatic nitrogens is 1. The Kier molecular flexibility index (Phi) is 8.89. The maximum atomic E-state index is 4.36. The molecule has 0 unspecified atom stereocenters. The minimum atomic E-state index is 0. The van der Waals surface area contributed by atoms with Crippen molar-refractivity contribution < 1.29 is 0 Å². The van der Waals surface area contributed by atoms with Gasteiger partial charge in [0.05, 0.1) is 0 Å². The number of aliphatic imine (C=N–C) groups is 1. The number of unbranched alkanes of at least 4 members (excludes halogenated alkanes) is 1. The summed E-state index contributed by atoms with van der Waals surface area (Å²) in [5.41, 5.74) is 3.89. The van der Waals surface area contributed by atoms with E-state index >= 15 is 0 Å². The molecule has 24 heavy (non-hydrogen) atoms. The summed E-state index contributed by atoms with van der Waals surface area (Å²) in [6, 6.07) is 6.39. The average molecular weight is 440 g/mol. The number of aromatic amines is 1. The summed E-state index contributed by atoms with van der Waals surface area (Å²) in [6.07, 6.45) is 7.20. The average Bonchev–Trinajstić information content (AvgIpc) is 2.96. The summed E-state index contributed by atoms with van der Waals surface area (Å²) in [4.78, 5) is 9.89. The smallest absolute Gasteiger partial charge is 0.193 e. The van der Waals surface area contributed by atoms with E-state index in [0.717, 1.165) is 38.3 Å². The molecule has 132 valence electrons. The second-order valence-electron chi connectivity index (χ2n) is 5.89. The molecule has 0 saturated heterocycles. The number of nitrogens with one attached hydrogen (secondary N) is 2. The van der Waals surface area contributed by atoms with Crippen LogP contribution in [0.5, 0.6) is 0 Å². The van der Waals surface area contributed by atoms with Gasteiger partial charge in [0.2, 0.25) is 0 Å². The first-order valence-electron chi connectivity index (χ1n) is 8.25. The Labute approximate surface area is 162 Å². The predicted octanol–water partition coefficient (Wildman–Crippen LogP) is 4.11.